The van der Waals surface area contributed by atoms with Gasteiger partial charge in [-0.25, -0.2) is 4.39 Å². The van der Waals surface area contributed by atoms with Crippen LogP contribution in [0.3, 0.4) is 0 Å². The summed E-state index contributed by atoms with van der Waals surface area (Å²) in [7, 11) is 1.72. The Kier molecular flexibility index (Phi) is 3.61. The predicted octanol–water partition coefficient (Wildman–Crippen LogP) is 3.06. The number of aryl methyl sites for hydroxylation is 2. The van der Waals surface area contributed by atoms with Crippen molar-refractivity contribution in [2.75, 3.05) is 0 Å². The van der Waals surface area contributed by atoms with Gasteiger partial charge in [-0.15, -0.1) is 0 Å². The molecule has 1 aromatic heterocycles. The molecule has 0 N–H and O–H groups in total. The van der Waals surface area contributed by atoms with Crippen LogP contribution in [0.15, 0.2) is 28.7 Å². The molecule has 0 spiro atoms. The molecule has 94 valence electrons. The van der Waals surface area contributed by atoms with Gasteiger partial charge in [-0.05, 0) is 36.8 Å². The molecule has 0 radical (unpaired) electrons. The van der Waals surface area contributed by atoms with Crippen molar-refractivity contribution in [3.05, 3.63) is 51.5 Å². The number of halogens is 2. The molecule has 0 unspecified atom stereocenters. The topological polar surface area (TPSA) is 34.9 Å². The van der Waals surface area contributed by atoms with E-state index in [1.807, 2.05) is 6.92 Å². The highest BCUT2D eigenvalue weighted by Crippen LogP contribution is 2.16. The molecule has 1 heterocycles. The Hall–Kier alpha value is -1.49. The van der Waals surface area contributed by atoms with Gasteiger partial charge in [0.2, 0.25) is 0 Å². The molecular weight excluding hydrogens is 299 g/mol. The van der Waals surface area contributed by atoms with Gasteiger partial charge >= 0.3 is 0 Å². The number of carbonyl (C=O) groups excluding carboxylic acids is 1. The summed E-state index contributed by atoms with van der Waals surface area (Å²) in [6, 6.07) is 6.20. The molecule has 18 heavy (non-hydrogen) atoms. The fraction of sp³-hybridized carbons (Fsp3) is 0.231. The fourth-order valence-corrected chi connectivity index (χ4v) is 2.37. The van der Waals surface area contributed by atoms with Gasteiger partial charge in [0.1, 0.15) is 11.5 Å². The summed E-state index contributed by atoms with van der Waals surface area (Å²) in [5.41, 5.74) is 1.97. The molecule has 2 rings (SSSR count). The molecule has 3 nitrogen and oxygen atoms in total. The number of carbonyl (C=O) groups is 1. The molecule has 2 aromatic rings. The summed E-state index contributed by atoms with van der Waals surface area (Å²) in [4.78, 5) is 12.1. The molecule has 0 saturated heterocycles. The lowest BCUT2D eigenvalue weighted by molar-refractivity contribution is 0.0984. The van der Waals surface area contributed by atoms with E-state index in [1.54, 1.807) is 23.9 Å². The molecule has 1 aromatic carbocycles. The summed E-state index contributed by atoms with van der Waals surface area (Å²) in [6.07, 6.45) is 0.162. The number of rotatable bonds is 3. The van der Waals surface area contributed by atoms with Crippen LogP contribution in [0.2, 0.25) is 0 Å². The van der Waals surface area contributed by atoms with Gasteiger partial charge in [-0.3, -0.25) is 9.48 Å². The van der Waals surface area contributed by atoms with E-state index in [0.717, 1.165) is 5.69 Å². The van der Waals surface area contributed by atoms with E-state index in [-0.39, 0.29) is 18.0 Å². The number of nitrogens with zero attached hydrogens (tertiary/aromatic N) is 2. The van der Waals surface area contributed by atoms with Gasteiger partial charge in [0.25, 0.3) is 0 Å². The summed E-state index contributed by atoms with van der Waals surface area (Å²) in [5.74, 6) is -0.427. The van der Waals surface area contributed by atoms with Crippen molar-refractivity contribution in [2.45, 2.75) is 13.3 Å². The normalized spacial score (nSPS) is 10.7. The van der Waals surface area contributed by atoms with Crippen LogP contribution in [-0.4, -0.2) is 15.6 Å². The summed E-state index contributed by atoms with van der Waals surface area (Å²) < 4.78 is 15.4. The lowest BCUT2D eigenvalue weighted by Gasteiger charge is -2.03. The Balaban J connectivity index is 2.23. The SMILES string of the molecule is Cc1cc(C(=O)Cc2cc(F)cc(Br)c2)n(C)n1. The van der Waals surface area contributed by atoms with E-state index in [4.69, 9.17) is 0 Å². The second-order valence-corrected chi connectivity index (χ2v) is 5.09. The zero-order valence-electron chi connectivity index (χ0n) is 10.1. The number of hydrogen-bond acceptors (Lipinski definition) is 2. The zero-order chi connectivity index (χ0) is 13.3. The minimum absolute atomic E-state index is 0.0735. The first-order valence-electron chi connectivity index (χ1n) is 5.44. The van der Waals surface area contributed by atoms with Crippen molar-refractivity contribution in [3.63, 3.8) is 0 Å². The van der Waals surface area contributed by atoms with Gasteiger partial charge in [0.05, 0.1) is 5.69 Å². The van der Waals surface area contributed by atoms with Gasteiger partial charge in [-0.1, -0.05) is 15.9 Å². The molecule has 0 atom stereocenters. The Labute approximate surface area is 113 Å². The number of Topliss-reactive ketones (excluding diaryl/α,β-unsaturated/α-hetero) is 1. The average molecular weight is 311 g/mol. The predicted molar refractivity (Wildman–Crippen MR) is 70.1 cm³/mol. The second kappa shape index (κ2) is 5.02. The van der Waals surface area contributed by atoms with Gasteiger partial charge in [0.15, 0.2) is 5.78 Å². The van der Waals surface area contributed by atoms with E-state index in [0.29, 0.717) is 15.7 Å². The van der Waals surface area contributed by atoms with Crippen molar-refractivity contribution in [1.29, 1.82) is 0 Å². The molecule has 0 amide bonds. The number of benzene rings is 1. The number of aromatic nitrogens is 2. The van der Waals surface area contributed by atoms with Crippen LogP contribution in [0.25, 0.3) is 0 Å². The van der Waals surface area contributed by atoms with Gasteiger partial charge < -0.3 is 0 Å². The number of hydrogen-bond donors (Lipinski definition) is 0. The quantitative estimate of drug-likeness (QED) is 0.817. The van der Waals surface area contributed by atoms with Crippen LogP contribution < -0.4 is 0 Å². The smallest absolute Gasteiger partial charge is 0.185 e. The molecule has 0 aliphatic carbocycles. The second-order valence-electron chi connectivity index (χ2n) is 4.17. The van der Waals surface area contributed by atoms with E-state index in [2.05, 4.69) is 21.0 Å². The van der Waals surface area contributed by atoms with E-state index >= 15 is 0 Å². The molecule has 5 heteroatoms. The first-order valence-corrected chi connectivity index (χ1v) is 6.24. The Morgan fingerprint density at radius 1 is 1.39 bits per heavy atom. The highest BCUT2D eigenvalue weighted by molar-refractivity contribution is 9.10. The maximum Gasteiger partial charge on any atom is 0.185 e. The highest BCUT2D eigenvalue weighted by Gasteiger charge is 2.13. The Bertz CT molecular complexity index is 587. The van der Waals surface area contributed by atoms with Crippen LogP contribution in [-0.2, 0) is 13.5 Å². The molecule has 0 saturated carbocycles. The lowest BCUT2D eigenvalue weighted by atomic mass is 10.1. The highest BCUT2D eigenvalue weighted by atomic mass is 79.9. The Morgan fingerprint density at radius 2 is 2.11 bits per heavy atom. The van der Waals surface area contributed by atoms with Crippen molar-refractivity contribution >= 4 is 21.7 Å². The van der Waals surface area contributed by atoms with Crippen molar-refractivity contribution < 1.29 is 9.18 Å². The lowest BCUT2D eigenvalue weighted by Crippen LogP contribution is -2.09. The van der Waals surface area contributed by atoms with Gasteiger partial charge in [-0.2, -0.15) is 5.10 Å². The standard InChI is InChI=1S/C13H12BrFN2O/c1-8-3-12(17(2)16-8)13(18)6-9-4-10(14)7-11(15)5-9/h3-5,7H,6H2,1-2H3. The van der Waals surface area contributed by atoms with Crippen LogP contribution in [0.5, 0.6) is 0 Å². The average Bonchev–Trinajstić information content (AvgIpc) is 2.56. The summed E-state index contributed by atoms with van der Waals surface area (Å²) in [5, 5.41) is 4.12. The summed E-state index contributed by atoms with van der Waals surface area (Å²) >= 11 is 3.21. The Morgan fingerprint density at radius 3 is 2.67 bits per heavy atom. The molecular formula is C13H12BrFN2O. The first kappa shape index (κ1) is 13.0. The maximum absolute atomic E-state index is 13.2. The third kappa shape index (κ3) is 2.85. The number of ketones is 1. The van der Waals surface area contributed by atoms with Crippen molar-refractivity contribution in [1.82, 2.24) is 9.78 Å². The third-order valence-electron chi connectivity index (χ3n) is 2.57. The van der Waals surface area contributed by atoms with Crippen LogP contribution in [0.1, 0.15) is 21.7 Å². The van der Waals surface area contributed by atoms with Crippen LogP contribution in [0.4, 0.5) is 4.39 Å². The van der Waals surface area contributed by atoms with Crippen molar-refractivity contribution in [2.24, 2.45) is 7.05 Å². The van der Waals surface area contributed by atoms with Crippen LogP contribution >= 0.6 is 15.9 Å². The van der Waals surface area contributed by atoms with Crippen molar-refractivity contribution in [3.8, 4) is 0 Å². The monoisotopic (exact) mass is 310 g/mol. The van der Waals surface area contributed by atoms with E-state index in [1.165, 1.54) is 12.1 Å². The third-order valence-corrected chi connectivity index (χ3v) is 3.03. The van der Waals surface area contributed by atoms with Crippen LogP contribution in [0, 0.1) is 12.7 Å². The fourth-order valence-electron chi connectivity index (χ4n) is 1.86. The largest absolute Gasteiger partial charge is 0.292 e. The molecule has 0 aliphatic heterocycles. The first-order chi connectivity index (χ1) is 8.45. The van der Waals surface area contributed by atoms with Gasteiger partial charge in [0, 0.05) is 17.9 Å². The molecule has 0 fully saturated rings. The molecule has 0 bridgehead atoms. The minimum atomic E-state index is -0.353. The maximum atomic E-state index is 13.2. The molecule has 0 aliphatic rings. The van der Waals surface area contributed by atoms with E-state index in [9.17, 15) is 9.18 Å². The zero-order valence-corrected chi connectivity index (χ0v) is 11.7. The minimum Gasteiger partial charge on any atom is -0.292 e. The van der Waals surface area contributed by atoms with E-state index < -0.39 is 0 Å². The summed E-state index contributed by atoms with van der Waals surface area (Å²) in [6.45, 7) is 1.83.